The summed E-state index contributed by atoms with van der Waals surface area (Å²) in [6.07, 6.45) is 7.72. The Hall–Kier alpha value is -4.61. The second-order valence-corrected chi connectivity index (χ2v) is 10.4. The summed E-state index contributed by atoms with van der Waals surface area (Å²) < 4.78 is 3.71. The molecule has 4 rings (SSSR count). The van der Waals surface area contributed by atoms with Crippen LogP contribution in [0.15, 0.2) is 114 Å². The molecule has 0 atom stereocenters. The first-order chi connectivity index (χ1) is 21.1. The minimum absolute atomic E-state index is 0.191. The first-order valence-electron chi connectivity index (χ1n) is 14.1. The molecule has 0 unspecified atom stereocenters. The molecule has 0 radical (unpaired) electrons. The minimum Gasteiger partial charge on any atom is -0.859 e. The van der Waals surface area contributed by atoms with E-state index in [1.54, 1.807) is 60.2 Å². The van der Waals surface area contributed by atoms with Crippen molar-refractivity contribution in [3.8, 4) is 11.1 Å². The van der Waals surface area contributed by atoms with Crippen molar-refractivity contribution in [2.75, 3.05) is 13.1 Å². The highest BCUT2D eigenvalue weighted by Crippen LogP contribution is 2.18. The number of hydrogen-bond donors (Lipinski definition) is 4. The second-order valence-electron chi connectivity index (χ2n) is 10.4. The summed E-state index contributed by atoms with van der Waals surface area (Å²) >= 11 is 0. The zero-order chi connectivity index (χ0) is 31.6. The molecule has 0 fully saturated rings. The van der Waals surface area contributed by atoms with Crippen molar-refractivity contribution in [1.82, 2.24) is 0 Å². The third kappa shape index (κ3) is 8.71. The molecule has 4 N–H and O–H groups in total. The van der Waals surface area contributed by atoms with Crippen molar-refractivity contribution in [2.45, 2.75) is 26.4 Å². The van der Waals surface area contributed by atoms with Gasteiger partial charge in [0.25, 0.3) is 0 Å². The Morgan fingerprint density at radius 1 is 0.750 bits per heavy atom. The summed E-state index contributed by atoms with van der Waals surface area (Å²) in [6.45, 7) is 6.24. The fraction of sp³-hybridized carbons (Fsp3) is 0.188. The van der Waals surface area contributed by atoms with Crippen LogP contribution in [0.25, 0.3) is 11.1 Å². The average molecular weight is 592 g/mol. The van der Waals surface area contributed by atoms with Gasteiger partial charge in [0.2, 0.25) is 0 Å². The van der Waals surface area contributed by atoms with Gasteiger partial charge in [-0.25, -0.2) is 4.57 Å². The van der Waals surface area contributed by atoms with Crippen LogP contribution in [-0.2, 0) is 13.1 Å². The third-order valence-electron chi connectivity index (χ3n) is 6.92. The van der Waals surface area contributed by atoms with Gasteiger partial charge in [0.1, 0.15) is 0 Å². The Morgan fingerprint density at radius 2 is 1.32 bits per heavy atom. The number of benzene rings is 2. The lowest BCUT2D eigenvalue weighted by molar-refractivity contribution is -0.689. The first-order valence-corrected chi connectivity index (χ1v) is 14.1. The van der Waals surface area contributed by atoms with Gasteiger partial charge in [-0.15, -0.1) is 0 Å². The number of aromatic nitrogens is 2. The number of aliphatic imine (C=N–C) groups is 2. The van der Waals surface area contributed by atoms with Gasteiger partial charge >= 0.3 is 14.2 Å². The van der Waals surface area contributed by atoms with Gasteiger partial charge in [-0.05, 0) is 53.8 Å². The summed E-state index contributed by atoms with van der Waals surface area (Å²) in [5, 5.41) is 64.2. The predicted octanol–water partition coefficient (Wildman–Crippen LogP) is -1.78. The van der Waals surface area contributed by atoms with Gasteiger partial charge < -0.3 is 40.3 Å². The Bertz CT molecular complexity index is 1680. The predicted molar refractivity (Wildman–Crippen MR) is 166 cm³/mol. The maximum atomic E-state index is 13.2. The molecule has 0 aliphatic rings. The summed E-state index contributed by atoms with van der Waals surface area (Å²) in [6, 6.07) is 19.5. The highest BCUT2D eigenvalue weighted by Gasteiger charge is 2.21. The van der Waals surface area contributed by atoms with E-state index in [-0.39, 0.29) is 25.5 Å². The number of pyridine rings is 2. The van der Waals surface area contributed by atoms with Crippen molar-refractivity contribution in [3.05, 3.63) is 120 Å². The first kappa shape index (κ1) is 32.3. The fourth-order valence-electron chi connectivity index (χ4n) is 4.71. The average Bonchev–Trinajstić information content (AvgIpc) is 3.01. The van der Waals surface area contributed by atoms with Gasteiger partial charge in [-0.1, -0.05) is 55.1 Å². The molecule has 0 amide bonds. The molecule has 10 nitrogen and oxygen atoms in total. The van der Waals surface area contributed by atoms with Gasteiger partial charge in [-0.2, -0.15) is 4.57 Å². The maximum absolute atomic E-state index is 13.2. The largest absolute Gasteiger partial charge is 0.859 e. The van der Waals surface area contributed by atoms with E-state index < -0.39 is 20.1 Å². The summed E-state index contributed by atoms with van der Waals surface area (Å²) in [4.78, 5) is 8.08. The molecule has 0 spiro atoms. The zero-order valence-corrected chi connectivity index (χ0v) is 24.5. The van der Waals surface area contributed by atoms with Crippen molar-refractivity contribution in [2.24, 2.45) is 9.98 Å². The van der Waals surface area contributed by atoms with Crippen LogP contribution in [-0.4, -0.2) is 59.2 Å². The summed E-state index contributed by atoms with van der Waals surface area (Å²) in [7, 11) is -3.25. The molecule has 0 aliphatic heterocycles. The van der Waals surface area contributed by atoms with Gasteiger partial charge in [0, 0.05) is 35.8 Å². The summed E-state index contributed by atoms with van der Waals surface area (Å²) in [5.74, 6) is -0.800. The lowest BCUT2D eigenvalue weighted by atomic mass is 9.77. The number of hydrogen-bond acceptors (Lipinski definition) is 8. The molecule has 4 aromatic rings. The van der Waals surface area contributed by atoms with E-state index >= 15 is 0 Å². The fourth-order valence-corrected chi connectivity index (χ4v) is 4.71. The molecule has 0 aliphatic carbocycles. The lowest BCUT2D eigenvalue weighted by Gasteiger charge is -2.13. The molecule has 2 aromatic carbocycles. The molecule has 0 bridgehead atoms. The molecule has 0 saturated heterocycles. The van der Waals surface area contributed by atoms with Gasteiger partial charge in [0.15, 0.2) is 37.9 Å². The summed E-state index contributed by atoms with van der Waals surface area (Å²) in [5.41, 5.74) is 4.41. The van der Waals surface area contributed by atoms with E-state index in [1.165, 1.54) is 0 Å². The standard InChI is InChI=1S/C32H34B2N4O6/c1-23(2)31(39)35-14-8-15-36-32(40)28-17-27(21-38(22-28)20-26-10-4-6-13-30(26)34(43)44)24-11-7-16-37(18-24)19-25-9-3-5-12-29(25)33(41)42/h3-7,9-13,16-18,21-22,41-44H,1,8,14-15,19-20H2,2H3. The van der Waals surface area contributed by atoms with E-state index in [0.29, 0.717) is 40.6 Å². The molecule has 2 aromatic heterocycles. The van der Waals surface area contributed by atoms with Crippen LogP contribution in [0.5, 0.6) is 0 Å². The van der Waals surface area contributed by atoms with E-state index in [0.717, 1.165) is 16.7 Å². The SMILES string of the molecule is C=C(C)C([O-])=NCCCN=C([O-])c1cc(-c2ccc[n+](Cc3ccccc3B(O)O)c2)c[n+](Cc2ccccc2B(O)O)c1. The van der Waals surface area contributed by atoms with Crippen LogP contribution in [0.2, 0.25) is 0 Å². The highest BCUT2D eigenvalue weighted by atomic mass is 16.4. The Balaban J connectivity index is 1.68. The molecule has 2 heterocycles. The Morgan fingerprint density at radius 3 is 1.93 bits per heavy atom. The van der Waals surface area contributed by atoms with Gasteiger partial charge in [-0.3, -0.25) is 0 Å². The quantitative estimate of drug-likeness (QED) is 0.0473. The smallest absolute Gasteiger partial charge is 0.488 e. The van der Waals surface area contributed by atoms with Crippen LogP contribution < -0.4 is 30.3 Å². The normalized spacial score (nSPS) is 11.8. The molecular formula is C32H34B2N4O6. The Labute approximate surface area is 257 Å². The van der Waals surface area contributed by atoms with Crippen LogP contribution in [0, 0.1) is 0 Å². The van der Waals surface area contributed by atoms with Crippen molar-refractivity contribution < 1.29 is 39.4 Å². The van der Waals surface area contributed by atoms with Crippen molar-refractivity contribution in [3.63, 3.8) is 0 Å². The maximum Gasteiger partial charge on any atom is 0.488 e. The third-order valence-corrected chi connectivity index (χ3v) is 6.92. The zero-order valence-electron chi connectivity index (χ0n) is 24.5. The van der Waals surface area contributed by atoms with Crippen molar-refractivity contribution in [1.29, 1.82) is 0 Å². The van der Waals surface area contributed by atoms with Crippen LogP contribution >= 0.6 is 0 Å². The van der Waals surface area contributed by atoms with E-state index in [4.69, 9.17) is 0 Å². The highest BCUT2D eigenvalue weighted by molar-refractivity contribution is 6.59. The van der Waals surface area contributed by atoms with Gasteiger partial charge in [0.05, 0.1) is 11.1 Å². The van der Waals surface area contributed by atoms with Crippen LogP contribution in [0.4, 0.5) is 0 Å². The lowest BCUT2D eigenvalue weighted by Crippen LogP contribution is -2.42. The topological polar surface area (TPSA) is 160 Å². The molecule has 44 heavy (non-hydrogen) atoms. The second kappa shape index (κ2) is 15.2. The minimum atomic E-state index is -1.65. The van der Waals surface area contributed by atoms with Crippen molar-refractivity contribution >= 4 is 37.0 Å². The van der Waals surface area contributed by atoms with E-state index in [9.17, 15) is 30.3 Å². The molecule has 0 saturated carbocycles. The molecular weight excluding hydrogens is 558 g/mol. The molecule has 12 heteroatoms. The number of rotatable bonds is 13. The molecule has 224 valence electrons. The van der Waals surface area contributed by atoms with E-state index in [1.807, 2.05) is 47.4 Å². The van der Waals surface area contributed by atoms with Crippen LogP contribution in [0.3, 0.4) is 0 Å². The van der Waals surface area contributed by atoms with Crippen LogP contribution in [0.1, 0.15) is 30.0 Å². The van der Waals surface area contributed by atoms with E-state index in [2.05, 4.69) is 16.6 Å². The Kier molecular flexibility index (Phi) is 11.2. The number of nitrogens with zero attached hydrogens (tertiary/aromatic N) is 4. The monoisotopic (exact) mass is 592 g/mol.